The van der Waals surface area contributed by atoms with E-state index in [0.29, 0.717) is 6.61 Å². The molecule has 0 saturated heterocycles. The molecule has 0 bridgehead atoms. The van der Waals surface area contributed by atoms with Crippen molar-refractivity contribution in [1.82, 2.24) is 0 Å². The first-order valence-corrected chi connectivity index (χ1v) is 6.13. The van der Waals surface area contributed by atoms with Gasteiger partial charge in [-0.1, -0.05) is 41.6 Å². The van der Waals surface area contributed by atoms with Gasteiger partial charge >= 0.3 is 0 Å². The van der Waals surface area contributed by atoms with E-state index in [4.69, 9.17) is 4.84 Å². The predicted octanol–water partition coefficient (Wildman–Crippen LogP) is 3.98. The highest BCUT2D eigenvalue weighted by Crippen LogP contribution is 2.03. The van der Waals surface area contributed by atoms with Crippen molar-refractivity contribution in [2.45, 2.75) is 32.6 Å². The van der Waals surface area contributed by atoms with Crippen LogP contribution in [0.3, 0.4) is 0 Å². The fourth-order valence-electron chi connectivity index (χ4n) is 1.46. The molecule has 1 aromatic carbocycles. The molecule has 0 amide bonds. The average molecular weight is 231 g/mol. The van der Waals surface area contributed by atoms with Gasteiger partial charge in [0.2, 0.25) is 0 Å². The van der Waals surface area contributed by atoms with Crippen molar-refractivity contribution in [1.29, 1.82) is 0 Å². The summed E-state index contributed by atoms with van der Waals surface area (Å²) in [5.74, 6) is 0. The number of hydrogen-bond acceptors (Lipinski definition) is 2. The number of aryl methyl sites for hydroxylation is 1. The molecular weight excluding hydrogens is 210 g/mol. The van der Waals surface area contributed by atoms with Crippen molar-refractivity contribution in [2.75, 3.05) is 6.61 Å². The minimum absolute atomic E-state index is 0.675. The van der Waals surface area contributed by atoms with E-state index in [-0.39, 0.29) is 0 Å². The second-order valence-electron chi connectivity index (χ2n) is 4.08. The van der Waals surface area contributed by atoms with Crippen LogP contribution in [0.25, 0.3) is 0 Å². The van der Waals surface area contributed by atoms with Crippen molar-refractivity contribution in [2.24, 2.45) is 5.16 Å². The van der Waals surface area contributed by atoms with E-state index in [9.17, 15) is 0 Å². The first-order chi connectivity index (χ1) is 8.33. The Morgan fingerprint density at radius 3 is 2.82 bits per heavy atom. The van der Waals surface area contributed by atoms with E-state index in [1.807, 2.05) is 19.1 Å². The Morgan fingerprint density at radius 1 is 1.35 bits per heavy atom. The molecule has 1 aromatic rings. The largest absolute Gasteiger partial charge is 0.396 e. The topological polar surface area (TPSA) is 21.6 Å². The Balaban J connectivity index is 2.18. The van der Waals surface area contributed by atoms with Gasteiger partial charge in [-0.25, -0.2) is 0 Å². The third kappa shape index (κ3) is 6.56. The van der Waals surface area contributed by atoms with E-state index in [1.165, 1.54) is 5.56 Å². The summed E-state index contributed by atoms with van der Waals surface area (Å²) in [4.78, 5) is 5.23. The van der Waals surface area contributed by atoms with Crippen LogP contribution in [0, 0.1) is 0 Å². The highest BCUT2D eigenvalue weighted by molar-refractivity contribution is 5.81. The number of hydrogen-bond donors (Lipinski definition) is 0. The molecule has 1 rings (SSSR count). The Morgan fingerprint density at radius 2 is 2.12 bits per heavy atom. The molecule has 0 spiro atoms. The summed E-state index contributed by atoms with van der Waals surface area (Å²) in [7, 11) is 0. The fourth-order valence-corrected chi connectivity index (χ4v) is 1.46. The van der Waals surface area contributed by atoms with E-state index >= 15 is 0 Å². The zero-order valence-corrected chi connectivity index (χ0v) is 10.6. The van der Waals surface area contributed by atoms with Crippen molar-refractivity contribution in [3.8, 4) is 0 Å². The van der Waals surface area contributed by atoms with Gasteiger partial charge < -0.3 is 4.84 Å². The molecule has 0 unspecified atom stereocenters. The monoisotopic (exact) mass is 231 g/mol. The van der Waals surface area contributed by atoms with E-state index < -0.39 is 0 Å². The molecule has 92 valence electrons. The molecule has 0 radical (unpaired) electrons. The maximum atomic E-state index is 5.23. The van der Waals surface area contributed by atoms with Crippen molar-refractivity contribution in [3.63, 3.8) is 0 Å². The maximum Gasteiger partial charge on any atom is 0.117 e. The molecular formula is C15H21NO. The minimum atomic E-state index is 0.675. The van der Waals surface area contributed by atoms with Gasteiger partial charge in [-0.2, -0.15) is 0 Å². The Hall–Kier alpha value is -1.57. The molecule has 2 nitrogen and oxygen atoms in total. The minimum Gasteiger partial charge on any atom is -0.396 e. The molecule has 0 fully saturated rings. The van der Waals surface area contributed by atoms with Crippen LogP contribution >= 0.6 is 0 Å². The summed E-state index contributed by atoms with van der Waals surface area (Å²) in [6.07, 6.45) is 5.84. The second kappa shape index (κ2) is 8.57. The van der Waals surface area contributed by atoms with E-state index in [2.05, 4.69) is 36.0 Å². The summed E-state index contributed by atoms with van der Waals surface area (Å²) in [6.45, 7) is 6.35. The normalized spacial score (nSPS) is 11.2. The summed E-state index contributed by atoms with van der Waals surface area (Å²) in [5, 5.41) is 4.09. The Labute approximate surface area is 104 Å². The van der Waals surface area contributed by atoms with E-state index in [1.54, 1.807) is 0 Å². The van der Waals surface area contributed by atoms with Gasteiger partial charge in [0.1, 0.15) is 6.61 Å². The lowest BCUT2D eigenvalue weighted by Crippen LogP contribution is -1.97. The van der Waals surface area contributed by atoms with Gasteiger partial charge in [0.05, 0.1) is 5.71 Å². The smallest absolute Gasteiger partial charge is 0.117 e. The third-order valence-corrected chi connectivity index (χ3v) is 2.48. The van der Waals surface area contributed by atoms with Crippen LogP contribution < -0.4 is 0 Å². The van der Waals surface area contributed by atoms with Gasteiger partial charge in [0, 0.05) is 0 Å². The van der Waals surface area contributed by atoms with Crippen LogP contribution in [-0.4, -0.2) is 12.3 Å². The average Bonchev–Trinajstić information content (AvgIpc) is 2.37. The molecule has 0 aliphatic rings. The number of rotatable bonds is 8. The standard InChI is InChI=1S/C15H21NO/c1-3-4-8-13-17-16-14(2)11-12-15-9-6-5-7-10-15/h3,5-7,9-10H,1,4,8,11-13H2,2H3/b16-14-. The van der Waals surface area contributed by atoms with Gasteiger partial charge in [-0.05, 0) is 38.2 Å². The van der Waals surface area contributed by atoms with Crippen molar-refractivity contribution in [3.05, 3.63) is 48.6 Å². The van der Waals surface area contributed by atoms with Gasteiger partial charge in [0.25, 0.3) is 0 Å². The first-order valence-electron chi connectivity index (χ1n) is 6.13. The highest BCUT2D eigenvalue weighted by atomic mass is 16.6. The number of allylic oxidation sites excluding steroid dienone is 1. The summed E-state index contributed by atoms with van der Waals surface area (Å²) < 4.78 is 0. The quantitative estimate of drug-likeness (QED) is 0.287. The molecule has 0 heterocycles. The van der Waals surface area contributed by atoms with Crippen LogP contribution in [0.15, 0.2) is 48.1 Å². The van der Waals surface area contributed by atoms with Crippen LogP contribution in [-0.2, 0) is 11.3 Å². The molecule has 0 aliphatic heterocycles. The summed E-state index contributed by atoms with van der Waals surface area (Å²) in [5.41, 5.74) is 2.39. The lowest BCUT2D eigenvalue weighted by atomic mass is 10.1. The first kappa shape index (κ1) is 13.5. The summed E-state index contributed by atoms with van der Waals surface area (Å²) >= 11 is 0. The lowest BCUT2D eigenvalue weighted by Gasteiger charge is -2.02. The van der Waals surface area contributed by atoms with Crippen molar-refractivity contribution < 1.29 is 4.84 Å². The third-order valence-electron chi connectivity index (χ3n) is 2.48. The van der Waals surface area contributed by atoms with Crippen LogP contribution in [0.5, 0.6) is 0 Å². The van der Waals surface area contributed by atoms with Crippen molar-refractivity contribution >= 4 is 5.71 Å². The number of oxime groups is 1. The lowest BCUT2D eigenvalue weighted by molar-refractivity contribution is 0.141. The highest BCUT2D eigenvalue weighted by Gasteiger charge is 1.95. The summed E-state index contributed by atoms with van der Waals surface area (Å²) in [6, 6.07) is 10.4. The zero-order valence-electron chi connectivity index (χ0n) is 10.6. The zero-order chi connectivity index (χ0) is 12.3. The molecule has 0 aliphatic carbocycles. The maximum absolute atomic E-state index is 5.23. The SMILES string of the molecule is C=CCCCO/N=C(/C)CCc1ccccc1. The fraction of sp³-hybridized carbons (Fsp3) is 0.400. The molecule has 17 heavy (non-hydrogen) atoms. The van der Waals surface area contributed by atoms with Gasteiger partial charge in [-0.15, -0.1) is 6.58 Å². The van der Waals surface area contributed by atoms with Crippen LogP contribution in [0.2, 0.25) is 0 Å². The van der Waals surface area contributed by atoms with Crippen LogP contribution in [0.1, 0.15) is 31.7 Å². The molecule has 0 aromatic heterocycles. The van der Waals surface area contributed by atoms with Gasteiger partial charge in [0.15, 0.2) is 0 Å². The van der Waals surface area contributed by atoms with Gasteiger partial charge in [-0.3, -0.25) is 0 Å². The molecule has 0 N–H and O–H groups in total. The number of nitrogens with zero attached hydrogens (tertiary/aromatic N) is 1. The predicted molar refractivity (Wildman–Crippen MR) is 73.3 cm³/mol. The second-order valence-corrected chi connectivity index (χ2v) is 4.08. The molecule has 0 saturated carbocycles. The van der Waals surface area contributed by atoms with Crippen LogP contribution in [0.4, 0.5) is 0 Å². The molecule has 2 heteroatoms. The number of benzene rings is 1. The Kier molecular flexibility index (Phi) is 6.80. The van der Waals surface area contributed by atoms with E-state index in [0.717, 1.165) is 31.4 Å². The number of unbranched alkanes of at least 4 members (excludes halogenated alkanes) is 1. The molecule has 0 atom stereocenters. The Bertz CT molecular complexity index is 343.